The topological polar surface area (TPSA) is 64.5 Å². The molecule has 1 aliphatic carbocycles. The SMILES string of the molecule is O[C@H](C[NH2+]C1CCCC1)COc1ccc2c(c1)OCO2. The van der Waals surface area contributed by atoms with Crippen molar-refractivity contribution in [2.24, 2.45) is 0 Å². The second kappa shape index (κ2) is 6.33. The molecule has 0 saturated heterocycles. The molecule has 0 aromatic heterocycles. The van der Waals surface area contributed by atoms with Crippen LogP contribution in [-0.4, -0.2) is 37.2 Å². The van der Waals surface area contributed by atoms with Crippen LogP contribution in [0.15, 0.2) is 18.2 Å². The lowest BCUT2D eigenvalue weighted by Gasteiger charge is -2.14. The first-order chi connectivity index (χ1) is 9.81. The number of quaternary nitrogens is 1. The maximum Gasteiger partial charge on any atom is 0.231 e. The molecular weight excluding hydrogens is 258 g/mol. The monoisotopic (exact) mass is 280 g/mol. The highest BCUT2D eigenvalue weighted by atomic mass is 16.7. The van der Waals surface area contributed by atoms with Crippen LogP contribution in [0.2, 0.25) is 0 Å². The van der Waals surface area contributed by atoms with Crippen molar-refractivity contribution in [3.63, 3.8) is 0 Å². The molecule has 0 spiro atoms. The zero-order chi connectivity index (χ0) is 13.8. The minimum atomic E-state index is -0.443. The highest BCUT2D eigenvalue weighted by Gasteiger charge is 2.19. The van der Waals surface area contributed by atoms with Crippen LogP contribution in [0.3, 0.4) is 0 Å². The maximum atomic E-state index is 9.95. The summed E-state index contributed by atoms with van der Waals surface area (Å²) in [6.45, 7) is 1.27. The molecule has 1 atom stereocenters. The van der Waals surface area contributed by atoms with Crippen molar-refractivity contribution >= 4 is 0 Å². The first-order valence-electron chi connectivity index (χ1n) is 7.35. The predicted octanol–water partition coefficient (Wildman–Crippen LogP) is 0.661. The fraction of sp³-hybridized carbons (Fsp3) is 0.600. The molecule has 5 heteroatoms. The zero-order valence-electron chi connectivity index (χ0n) is 11.6. The summed E-state index contributed by atoms with van der Waals surface area (Å²) in [5, 5.41) is 12.2. The molecule has 1 aromatic carbocycles. The molecule has 0 radical (unpaired) electrons. The second-order valence-electron chi connectivity index (χ2n) is 5.50. The van der Waals surface area contributed by atoms with Gasteiger partial charge in [0.2, 0.25) is 6.79 Å². The summed E-state index contributed by atoms with van der Waals surface area (Å²) in [6, 6.07) is 6.15. The van der Waals surface area contributed by atoms with Crippen molar-refractivity contribution in [3.8, 4) is 17.2 Å². The quantitative estimate of drug-likeness (QED) is 0.803. The standard InChI is InChI=1S/C15H21NO4/c17-12(8-16-11-3-1-2-4-11)9-18-13-5-6-14-15(7-13)20-10-19-14/h5-7,11-12,16-17H,1-4,8-10H2/p+1/t12-/m1/s1. The molecular formula is C15H22NO4+. The van der Waals surface area contributed by atoms with Gasteiger partial charge in [-0.1, -0.05) is 0 Å². The third-order valence-electron chi connectivity index (χ3n) is 3.93. The Labute approximate surface area is 118 Å². The van der Waals surface area contributed by atoms with Crippen LogP contribution < -0.4 is 19.5 Å². The van der Waals surface area contributed by atoms with Gasteiger partial charge in [0.15, 0.2) is 11.5 Å². The Morgan fingerprint density at radius 1 is 1.25 bits per heavy atom. The largest absolute Gasteiger partial charge is 0.491 e. The summed E-state index contributed by atoms with van der Waals surface area (Å²) in [7, 11) is 0. The molecule has 5 nitrogen and oxygen atoms in total. The van der Waals surface area contributed by atoms with Crippen LogP contribution in [0.4, 0.5) is 0 Å². The van der Waals surface area contributed by atoms with Gasteiger partial charge in [-0.25, -0.2) is 0 Å². The van der Waals surface area contributed by atoms with E-state index in [-0.39, 0.29) is 6.79 Å². The average molecular weight is 280 g/mol. The van der Waals surface area contributed by atoms with E-state index >= 15 is 0 Å². The molecule has 3 rings (SSSR count). The molecule has 1 aliphatic heterocycles. The highest BCUT2D eigenvalue weighted by Crippen LogP contribution is 2.35. The van der Waals surface area contributed by atoms with E-state index in [2.05, 4.69) is 5.32 Å². The average Bonchev–Trinajstić information content (AvgIpc) is 3.13. The first-order valence-corrected chi connectivity index (χ1v) is 7.35. The van der Waals surface area contributed by atoms with Crippen molar-refractivity contribution in [3.05, 3.63) is 18.2 Å². The number of hydrogen-bond donors (Lipinski definition) is 2. The normalized spacial score (nSPS) is 19.2. The molecule has 0 bridgehead atoms. The van der Waals surface area contributed by atoms with Crippen molar-refractivity contribution in [1.82, 2.24) is 0 Å². The minimum absolute atomic E-state index is 0.262. The van der Waals surface area contributed by atoms with Crippen molar-refractivity contribution < 1.29 is 24.6 Å². The fourth-order valence-corrected chi connectivity index (χ4v) is 2.77. The molecule has 0 unspecified atom stereocenters. The molecule has 1 aromatic rings. The molecule has 2 aliphatic rings. The number of rotatable bonds is 6. The van der Waals surface area contributed by atoms with Gasteiger partial charge in [-0.3, -0.25) is 0 Å². The Hall–Kier alpha value is -1.46. The third kappa shape index (κ3) is 3.35. The molecule has 3 N–H and O–H groups in total. The minimum Gasteiger partial charge on any atom is -0.491 e. The lowest BCUT2D eigenvalue weighted by Crippen LogP contribution is -2.91. The van der Waals surface area contributed by atoms with Gasteiger partial charge in [0.05, 0.1) is 6.04 Å². The summed E-state index contributed by atoms with van der Waals surface area (Å²) < 4.78 is 16.1. The Morgan fingerprint density at radius 2 is 2.05 bits per heavy atom. The van der Waals surface area contributed by atoms with Gasteiger partial charge in [0, 0.05) is 6.07 Å². The summed E-state index contributed by atoms with van der Waals surface area (Å²) in [5.74, 6) is 2.15. The van der Waals surface area contributed by atoms with Crippen LogP contribution >= 0.6 is 0 Å². The van der Waals surface area contributed by atoms with Crippen LogP contribution in [-0.2, 0) is 0 Å². The van der Waals surface area contributed by atoms with E-state index in [0.717, 1.165) is 5.75 Å². The number of hydrogen-bond acceptors (Lipinski definition) is 4. The van der Waals surface area contributed by atoms with Crippen molar-refractivity contribution in [2.75, 3.05) is 19.9 Å². The predicted molar refractivity (Wildman–Crippen MR) is 73.1 cm³/mol. The van der Waals surface area contributed by atoms with E-state index in [9.17, 15) is 5.11 Å². The second-order valence-corrected chi connectivity index (χ2v) is 5.50. The smallest absolute Gasteiger partial charge is 0.231 e. The summed E-state index contributed by atoms with van der Waals surface area (Å²) >= 11 is 0. The summed E-state index contributed by atoms with van der Waals surface area (Å²) in [5.41, 5.74) is 0. The van der Waals surface area contributed by atoms with Crippen LogP contribution in [0, 0.1) is 0 Å². The molecule has 1 saturated carbocycles. The van der Waals surface area contributed by atoms with E-state index in [1.54, 1.807) is 6.07 Å². The van der Waals surface area contributed by atoms with Gasteiger partial charge >= 0.3 is 0 Å². The molecule has 110 valence electrons. The van der Waals surface area contributed by atoms with Gasteiger partial charge in [-0.15, -0.1) is 0 Å². The van der Waals surface area contributed by atoms with Gasteiger partial charge in [0.25, 0.3) is 0 Å². The number of aliphatic hydroxyl groups is 1. The number of ether oxygens (including phenoxy) is 3. The molecule has 1 fully saturated rings. The fourth-order valence-electron chi connectivity index (χ4n) is 2.77. The number of fused-ring (bicyclic) bond motifs is 1. The summed E-state index contributed by atoms with van der Waals surface area (Å²) in [4.78, 5) is 0. The maximum absolute atomic E-state index is 9.95. The van der Waals surface area contributed by atoms with Gasteiger partial charge < -0.3 is 24.6 Å². The first kappa shape index (κ1) is 13.5. The Balaban J connectivity index is 1.41. The van der Waals surface area contributed by atoms with Gasteiger partial charge in [-0.2, -0.15) is 0 Å². The van der Waals surface area contributed by atoms with Crippen LogP contribution in [0.25, 0.3) is 0 Å². The van der Waals surface area contributed by atoms with E-state index in [1.165, 1.54) is 25.7 Å². The molecule has 1 heterocycles. The van der Waals surface area contributed by atoms with Crippen LogP contribution in [0.1, 0.15) is 25.7 Å². The van der Waals surface area contributed by atoms with E-state index in [4.69, 9.17) is 14.2 Å². The van der Waals surface area contributed by atoms with E-state index < -0.39 is 6.10 Å². The number of benzene rings is 1. The molecule has 0 amide bonds. The highest BCUT2D eigenvalue weighted by molar-refractivity contribution is 5.46. The van der Waals surface area contributed by atoms with E-state index in [1.807, 2.05) is 12.1 Å². The lowest BCUT2D eigenvalue weighted by molar-refractivity contribution is -0.693. The number of aliphatic hydroxyl groups excluding tert-OH is 1. The molecule has 20 heavy (non-hydrogen) atoms. The Morgan fingerprint density at radius 3 is 2.90 bits per heavy atom. The number of nitrogens with two attached hydrogens (primary N) is 1. The lowest BCUT2D eigenvalue weighted by atomic mass is 10.2. The van der Waals surface area contributed by atoms with Crippen molar-refractivity contribution in [2.45, 2.75) is 37.8 Å². The summed E-state index contributed by atoms with van der Waals surface area (Å²) in [6.07, 6.45) is 4.75. The Bertz CT molecular complexity index is 445. The zero-order valence-corrected chi connectivity index (χ0v) is 11.6. The van der Waals surface area contributed by atoms with Crippen molar-refractivity contribution in [1.29, 1.82) is 0 Å². The van der Waals surface area contributed by atoms with Crippen LogP contribution in [0.5, 0.6) is 17.2 Å². The third-order valence-corrected chi connectivity index (χ3v) is 3.93. The van der Waals surface area contributed by atoms with Gasteiger partial charge in [0.1, 0.15) is 25.0 Å². The Kier molecular flexibility index (Phi) is 4.28. The van der Waals surface area contributed by atoms with E-state index in [0.29, 0.717) is 30.7 Å². The van der Waals surface area contributed by atoms with Gasteiger partial charge in [-0.05, 0) is 37.8 Å².